The molecule has 1 N–H and O–H groups in total. The van der Waals surface area contributed by atoms with E-state index in [1.54, 1.807) is 6.08 Å². The monoisotopic (exact) mass is 266 g/mol. The molecule has 0 bridgehead atoms. The number of allylic oxidation sites excluding steroid dienone is 2. The number of hydrogen-bond acceptors (Lipinski definition) is 1. The second-order valence-electron chi connectivity index (χ2n) is 3.24. The Morgan fingerprint density at radius 3 is 2.47 bits per heavy atom. The minimum atomic E-state index is -0.472. The zero-order chi connectivity index (χ0) is 9.80. The molecule has 2 heteroatoms. The van der Waals surface area contributed by atoms with E-state index in [2.05, 4.69) is 0 Å². The van der Waals surface area contributed by atoms with Crippen LogP contribution in [0.15, 0.2) is 60.2 Å². The SMILES string of the molecule is OC1C=CC=CC1=Cc1ccccc1.[SeH2]. The number of aliphatic hydroxyl groups is 1. The maximum atomic E-state index is 9.62. The van der Waals surface area contributed by atoms with Crippen molar-refractivity contribution in [1.29, 1.82) is 0 Å². The third kappa shape index (κ3) is 3.21. The number of aliphatic hydroxyl groups excluding tert-OH is 1. The second-order valence-corrected chi connectivity index (χ2v) is 3.24. The van der Waals surface area contributed by atoms with Crippen LogP contribution < -0.4 is 0 Å². The summed E-state index contributed by atoms with van der Waals surface area (Å²) in [6.45, 7) is 0. The average Bonchev–Trinajstić information content (AvgIpc) is 2.23. The van der Waals surface area contributed by atoms with E-state index in [0.29, 0.717) is 0 Å². The van der Waals surface area contributed by atoms with Crippen molar-refractivity contribution >= 4 is 23.1 Å². The van der Waals surface area contributed by atoms with E-state index in [1.165, 1.54) is 0 Å². The zero-order valence-corrected chi connectivity index (χ0v) is 10.4. The van der Waals surface area contributed by atoms with Crippen LogP contribution in [0.5, 0.6) is 0 Å². The molecule has 0 heterocycles. The molecule has 0 fully saturated rings. The summed E-state index contributed by atoms with van der Waals surface area (Å²) in [5.41, 5.74) is 2.04. The molecule has 1 aromatic carbocycles. The second kappa shape index (κ2) is 5.72. The van der Waals surface area contributed by atoms with Crippen LogP contribution >= 0.6 is 0 Å². The van der Waals surface area contributed by atoms with Crippen LogP contribution in [0.2, 0.25) is 0 Å². The van der Waals surface area contributed by atoms with Crippen molar-refractivity contribution in [3.05, 3.63) is 65.8 Å². The van der Waals surface area contributed by atoms with Crippen molar-refractivity contribution in [2.24, 2.45) is 0 Å². The predicted octanol–water partition coefficient (Wildman–Crippen LogP) is 1.64. The van der Waals surface area contributed by atoms with E-state index in [-0.39, 0.29) is 17.1 Å². The Balaban J connectivity index is 0.00000112. The Kier molecular flexibility index (Phi) is 4.57. The van der Waals surface area contributed by atoms with Gasteiger partial charge in [-0.3, -0.25) is 0 Å². The molecule has 1 aliphatic carbocycles. The van der Waals surface area contributed by atoms with Crippen LogP contribution in [0.25, 0.3) is 6.08 Å². The third-order valence-corrected chi connectivity index (χ3v) is 2.17. The zero-order valence-electron chi connectivity index (χ0n) is 8.30. The molecular weight excluding hydrogens is 251 g/mol. The molecular formula is C13H14OSe. The van der Waals surface area contributed by atoms with Gasteiger partial charge in [-0.1, -0.05) is 54.6 Å². The molecule has 0 spiro atoms. The molecule has 0 radical (unpaired) electrons. The van der Waals surface area contributed by atoms with Crippen LogP contribution in [0.4, 0.5) is 0 Å². The summed E-state index contributed by atoms with van der Waals surface area (Å²) >= 11 is 0. The molecule has 0 saturated heterocycles. The van der Waals surface area contributed by atoms with Gasteiger partial charge in [0, 0.05) is 0 Å². The van der Waals surface area contributed by atoms with E-state index in [9.17, 15) is 5.11 Å². The molecule has 1 atom stereocenters. The standard InChI is InChI=1S/C13H12O.H2Se/c14-13-9-5-4-8-12(13)10-11-6-2-1-3-7-11;/h1-10,13-14H;1H2. The van der Waals surface area contributed by atoms with Crippen molar-refractivity contribution in [1.82, 2.24) is 0 Å². The summed E-state index contributed by atoms with van der Waals surface area (Å²) in [7, 11) is 0. The van der Waals surface area contributed by atoms with E-state index >= 15 is 0 Å². The fourth-order valence-electron chi connectivity index (χ4n) is 1.42. The van der Waals surface area contributed by atoms with Crippen LogP contribution in [0.3, 0.4) is 0 Å². The molecule has 0 aromatic heterocycles. The predicted molar refractivity (Wildman–Crippen MR) is 67.2 cm³/mol. The van der Waals surface area contributed by atoms with Crippen LogP contribution in [0, 0.1) is 0 Å². The van der Waals surface area contributed by atoms with E-state index < -0.39 is 6.10 Å². The van der Waals surface area contributed by atoms with Crippen molar-refractivity contribution < 1.29 is 5.11 Å². The van der Waals surface area contributed by atoms with E-state index in [0.717, 1.165) is 11.1 Å². The Labute approximate surface area is 100 Å². The first-order valence-corrected chi connectivity index (χ1v) is 4.66. The first kappa shape index (κ1) is 12.0. The number of benzene rings is 1. The summed E-state index contributed by atoms with van der Waals surface area (Å²) in [5, 5.41) is 9.62. The summed E-state index contributed by atoms with van der Waals surface area (Å²) in [6.07, 6.45) is 9.01. The van der Waals surface area contributed by atoms with Gasteiger partial charge >= 0.3 is 17.1 Å². The fourth-order valence-corrected chi connectivity index (χ4v) is 1.42. The number of rotatable bonds is 1. The molecule has 2 rings (SSSR count). The van der Waals surface area contributed by atoms with E-state index in [1.807, 2.05) is 54.6 Å². The first-order valence-electron chi connectivity index (χ1n) is 4.66. The van der Waals surface area contributed by atoms with Gasteiger partial charge in [-0.15, -0.1) is 0 Å². The first-order chi connectivity index (χ1) is 6.86. The molecule has 0 amide bonds. The summed E-state index contributed by atoms with van der Waals surface area (Å²) in [4.78, 5) is 0. The van der Waals surface area contributed by atoms with Crippen molar-refractivity contribution in [2.45, 2.75) is 6.10 Å². The van der Waals surface area contributed by atoms with Crippen LogP contribution in [0.1, 0.15) is 5.56 Å². The van der Waals surface area contributed by atoms with Gasteiger partial charge in [0.2, 0.25) is 0 Å². The van der Waals surface area contributed by atoms with Gasteiger partial charge < -0.3 is 5.11 Å². The Morgan fingerprint density at radius 2 is 1.80 bits per heavy atom. The third-order valence-electron chi connectivity index (χ3n) is 2.17. The Hall–Kier alpha value is -1.08. The average molecular weight is 265 g/mol. The number of hydrogen-bond donors (Lipinski definition) is 1. The minimum absolute atomic E-state index is 0. The molecule has 15 heavy (non-hydrogen) atoms. The normalized spacial score (nSPS) is 21.4. The quantitative estimate of drug-likeness (QED) is 0.765. The van der Waals surface area contributed by atoms with Crippen molar-refractivity contribution in [3.63, 3.8) is 0 Å². The molecule has 1 nitrogen and oxygen atoms in total. The van der Waals surface area contributed by atoms with Crippen LogP contribution in [-0.2, 0) is 0 Å². The van der Waals surface area contributed by atoms with Crippen molar-refractivity contribution in [2.75, 3.05) is 0 Å². The Morgan fingerprint density at radius 1 is 1.07 bits per heavy atom. The van der Waals surface area contributed by atoms with Gasteiger partial charge in [-0.25, -0.2) is 0 Å². The van der Waals surface area contributed by atoms with Gasteiger partial charge in [0.15, 0.2) is 0 Å². The van der Waals surface area contributed by atoms with Gasteiger partial charge in [-0.2, -0.15) is 0 Å². The molecule has 1 aliphatic rings. The Bertz CT molecular complexity index is 390. The molecule has 1 unspecified atom stereocenters. The summed E-state index contributed by atoms with van der Waals surface area (Å²) in [6, 6.07) is 10.00. The van der Waals surface area contributed by atoms with Gasteiger partial charge in [0.05, 0.1) is 6.10 Å². The van der Waals surface area contributed by atoms with Gasteiger partial charge in [-0.05, 0) is 17.2 Å². The van der Waals surface area contributed by atoms with Gasteiger partial charge in [0.25, 0.3) is 0 Å². The molecule has 78 valence electrons. The maximum absolute atomic E-state index is 9.62. The van der Waals surface area contributed by atoms with Crippen LogP contribution in [-0.4, -0.2) is 28.3 Å². The summed E-state index contributed by atoms with van der Waals surface area (Å²) in [5.74, 6) is 0. The molecule has 1 aromatic rings. The molecule has 0 aliphatic heterocycles. The fraction of sp³-hybridized carbons (Fsp3) is 0.0769. The summed E-state index contributed by atoms with van der Waals surface area (Å²) < 4.78 is 0. The topological polar surface area (TPSA) is 20.2 Å². The molecule has 0 saturated carbocycles. The van der Waals surface area contributed by atoms with Gasteiger partial charge in [0.1, 0.15) is 0 Å². The van der Waals surface area contributed by atoms with E-state index in [4.69, 9.17) is 0 Å². The van der Waals surface area contributed by atoms with Crippen molar-refractivity contribution in [3.8, 4) is 0 Å².